The summed E-state index contributed by atoms with van der Waals surface area (Å²) in [7, 11) is 0. The van der Waals surface area contributed by atoms with Gasteiger partial charge in [-0.15, -0.1) is 0 Å². The molecule has 1 N–H and O–H groups in total. The highest BCUT2D eigenvalue weighted by molar-refractivity contribution is 5.94. The van der Waals surface area contributed by atoms with Crippen LogP contribution in [0.5, 0.6) is 0 Å². The second-order valence-corrected chi connectivity index (χ2v) is 7.72. The van der Waals surface area contributed by atoms with Crippen LogP contribution < -0.4 is 5.32 Å². The number of nitrogens with zero attached hydrogens (tertiary/aromatic N) is 2. The fraction of sp³-hybridized carbons (Fsp3) is 0.280. The number of aromatic nitrogens is 1. The van der Waals surface area contributed by atoms with Gasteiger partial charge in [0.05, 0.1) is 12.2 Å². The summed E-state index contributed by atoms with van der Waals surface area (Å²) >= 11 is 0. The quantitative estimate of drug-likeness (QED) is 0.578. The number of hydrogen-bond acceptors (Lipinski definition) is 5. The van der Waals surface area contributed by atoms with Crippen molar-refractivity contribution in [3.8, 4) is 0 Å². The first-order chi connectivity index (χ1) is 15.5. The van der Waals surface area contributed by atoms with E-state index in [1.807, 2.05) is 18.2 Å². The monoisotopic (exact) mass is 431 g/mol. The van der Waals surface area contributed by atoms with E-state index in [2.05, 4.69) is 16.4 Å². The lowest BCUT2D eigenvalue weighted by molar-refractivity contribution is -0.125. The SMILES string of the molecule is CCOC(=O)c1ccc(C2=CCN(C(=O)/C=C/c3cnc4c(c3)CCC(=O)N4)CC2)cc1. The molecule has 7 nitrogen and oxygen atoms in total. The Labute approximate surface area is 186 Å². The van der Waals surface area contributed by atoms with Gasteiger partial charge in [0.15, 0.2) is 0 Å². The molecule has 164 valence electrons. The minimum absolute atomic E-state index is 0.0177. The first-order valence-corrected chi connectivity index (χ1v) is 10.8. The lowest BCUT2D eigenvalue weighted by Crippen LogP contribution is -2.33. The van der Waals surface area contributed by atoms with Gasteiger partial charge in [-0.3, -0.25) is 9.59 Å². The summed E-state index contributed by atoms with van der Waals surface area (Å²) in [6.45, 7) is 3.30. The Hall–Kier alpha value is -3.74. The first-order valence-electron chi connectivity index (χ1n) is 10.8. The Morgan fingerprint density at radius 1 is 1.19 bits per heavy atom. The van der Waals surface area contributed by atoms with E-state index in [1.165, 1.54) is 0 Å². The van der Waals surface area contributed by atoms with Crippen molar-refractivity contribution in [1.82, 2.24) is 9.88 Å². The molecule has 2 amide bonds. The van der Waals surface area contributed by atoms with E-state index in [0.29, 0.717) is 43.9 Å². The molecule has 2 aliphatic rings. The van der Waals surface area contributed by atoms with E-state index < -0.39 is 0 Å². The van der Waals surface area contributed by atoms with Gasteiger partial charge in [-0.2, -0.15) is 0 Å². The van der Waals surface area contributed by atoms with Crippen molar-refractivity contribution in [3.05, 3.63) is 70.9 Å². The Morgan fingerprint density at radius 3 is 2.72 bits per heavy atom. The van der Waals surface area contributed by atoms with E-state index in [4.69, 9.17) is 4.74 Å². The van der Waals surface area contributed by atoms with Gasteiger partial charge in [-0.25, -0.2) is 9.78 Å². The molecule has 1 aromatic carbocycles. The molecule has 0 bridgehead atoms. The molecule has 0 radical (unpaired) electrons. The van der Waals surface area contributed by atoms with Crippen LogP contribution in [0.2, 0.25) is 0 Å². The van der Waals surface area contributed by atoms with Gasteiger partial charge in [0.25, 0.3) is 0 Å². The predicted octanol–water partition coefficient (Wildman–Crippen LogP) is 3.47. The number of anilines is 1. The molecule has 0 saturated heterocycles. The van der Waals surface area contributed by atoms with Crippen LogP contribution in [-0.2, 0) is 20.7 Å². The molecule has 0 saturated carbocycles. The summed E-state index contributed by atoms with van der Waals surface area (Å²) in [5.74, 6) is 0.215. The van der Waals surface area contributed by atoms with Crippen LogP contribution in [0.4, 0.5) is 5.82 Å². The minimum Gasteiger partial charge on any atom is -0.462 e. The van der Waals surface area contributed by atoms with Crippen molar-refractivity contribution >= 4 is 35.3 Å². The third-order valence-corrected chi connectivity index (χ3v) is 5.57. The molecule has 7 heteroatoms. The molecular formula is C25H25N3O4. The highest BCUT2D eigenvalue weighted by atomic mass is 16.5. The number of hydrogen-bond donors (Lipinski definition) is 1. The lowest BCUT2D eigenvalue weighted by Gasteiger charge is -2.25. The number of carbonyl (C=O) groups excluding carboxylic acids is 3. The third-order valence-electron chi connectivity index (χ3n) is 5.57. The zero-order valence-corrected chi connectivity index (χ0v) is 18.0. The standard InChI is InChI=1S/C25H25N3O4/c1-2-32-25(31)20-6-4-18(5-7-20)19-11-13-28(14-12-19)23(30)10-3-17-15-21-8-9-22(29)27-24(21)26-16-17/h3-7,10-11,15-16H,2,8-9,12-14H2,1H3,(H,26,27,29)/b10-3+. The molecule has 3 heterocycles. The van der Waals surface area contributed by atoms with Crippen LogP contribution in [0.25, 0.3) is 11.6 Å². The number of fused-ring (bicyclic) bond motifs is 1. The zero-order valence-electron chi connectivity index (χ0n) is 18.0. The van der Waals surface area contributed by atoms with Gasteiger partial charge in [-0.05, 0) is 66.3 Å². The topological polar surface area (TPSA) is 88.6 Å². The number of aryl methyl sites for hydroxylation is 1. The number of benzene rings is 1. The van der Waals surface area contributed by atoms with Crippen LogP contribution in [0.3, 0.4) is 0 Å². The van der Waals surface area contributed by atoms with E-state index in [-0.39, 0.29) is 17.8 Å². The van der Waals surface area contributed by atoms with E-state index in [0.717, 1.165) is 28.7 Å². The van der Waals surface area contributed by atoms with Crippen molar-refractivity contribution in [1.29, 1.82) is 0 Å². The smallest absolute Gasteiger partial charge is 0.338 e. The van der Waals surface area contributed by atoms with Crippen LogP contribution in [0.1, 0.15) is 46.8 Å². The fourth-order valence-electron chi connectivity index (χ4n) is 3.81. The second kappa shape index (κ2) is 9.60. The van der Waals surface area contributed by atoms with Gasteiger partial charge < -0.3 is 15.0 Å². The molecule has 0 atom stereocenters. The van der Waals surface area contributed by atoms with Crippen LogP contribution >= 0.6 is 0 Å². The number of amides is 2. The maximum atomic E-state index is 12.6. The Balaban J connectivity index is 1.36. The Kier molecular flexibility index (Phi) is 6.44. The highest BCUT2D eigenvalue weighted by Crippen LogP contribution is 2.24. The molecule has 32 heavy (non-hydrogen) atoms. The summed E-state index contributed by atoms with van der Waals surface area (Å²) in [5, 5.41) is 2.76. The maximum absolute atomic E-state index is 12.6. The van der Waals surface area contributed by atoms with Crippen LogP contribution in [-0.4, -0.2) is 47.4 Å². The Morgan fingerprint density at radius 2 is 2.00 bits per heavy atom. The number of rotatable bonds is 5. The largest absolute Gasteiger partial charge is 0.462 e. The Bertz CT molecular complexity index is 1100. The molecule has 0 aliphatic carbocycles. The average molecular weight is 431 g/mol. The van der Waals surface area contributed by atoms with Crippen molar-refractivity contribution < 1.29 is 19.1 Å². The summed E-state index contributed by atoms with van der Waals surface area (Å²) < 4.78 is 5.02. The second-order valence-electron chi connectivity index (χ2n) is 7.72. The van der Waals surface area contributed by atoms with Crippen LogP contribution in [0.15, 0.2) is 48.7 Å². The number of esters is 1. The van der Waals surface area contributed by atoms with E-state index in [9.17, 15) is 14.4 Å². The van der Waals surface area contributed by atoms with Crippen molar-refractivity contribution in [3.63, 3.8) is 0 Å². The lowest BCUT2D eigenvalue weighted by atomic mass is 9.98. The van der Waals surface area contributed by atoms with Gasteiger partial charge in [0.2, 0.25) is 11.8 Å². The predicted molar refractivity (Wildman–Crippen MR) is 122 cm³/mol. The minimum atomic E-state index is -0.320. The molecule has 1 aromatic heterocycles. The average Bonchev–Trinajstić information content (AvgIpc) is 2.83. The van der Waals surface area contributed by atoms with E-state index >= 15 is 0 Å². The summed E-state index contributed by atoms with van der Waals surface area (Å²) in [6.07, 6.45) is 8.90. The normalized spacial score (nSPS) is 15.7. The highest BCUT2D eigenvalue weighted by Gasteiger charge is 2.18. The summed E-state index contributed by atoms with van der Waals surface area (Å²) in [6, 6.07) is 9.33. The zero-order chi connectivity index (χ0) is 22.5. The molecular weight excluding hydrogens is 406 g/mol. The van der Waals surface area contributed by atoms with Crippen molar-refractivity contribution in [2.75, 3.05) is 25.0 Å². The molecule has 0 unspecified atom stereocenters. The molecule has 4 rings (SSSR count). The van der Waals surface area contributed by atoms with Crippen molar-refractivity contribution in [2.45, 2.75) is 26.2 Å². The van der Waals surface area contributed by atoms with Crippen LogP contribution in [0, 0.1) is 0 Å². The van der Waals surface area contributed by atoms with Gasteiger partial charge >= 0.3 is 5.97 Å². The summed E-state index contributed by atoms with van der Waals surface area (Å²) in [5.41, 5.74) is 4.57. The fourth-order valence-corrected chi connectivity index (χ4v) is 3.81. The first kappa shape index (κ1) is 21.5. The maximum Gasteiger partial charge on any atom is 0.338 e. The molecule has 2 aromatic rings. The van der Waals surface area contributed by atoms with E-state index in [1.54, 1.807) is 42.3 Å². The van der Waals surface area contributed by atoms with Gasteiger partial charge in [-0.1, -0.05) is 18.2 Å². The van der Waals surface area contributed by atoms with Gasteiger partial charge in [0.1, 0.15) is 5.82 Å². The molecule has 0 spiro atoms. The van der Waals surface area contributed by atoms with Crippen molar-refractivity contribution in [2.24, 2.45) is 0 Å². The number of nitrogens with one attached hydrogen (secondary N) is 1. The number of ether oxygens (including phenoxy) is 1. The van der Waals surface area contributed by atoms with Gasteiger partial charge in [0, 0.05) is 31.8 Å². The molecule has 0 fully saturated rings. The molecule has 2 aliphatic heterocycles. The summed E-state index contributed by atoms with van der Waals surface area (Å²) in [4.78, 5) is 41.9. The number of pyridine rings is 1. The number of carbonyl (C=O) groups is 3. The third kappa shape index (κ3) is 4.94.